The number of hydrogen-bond acceptors (Lipinski definition) is 8. The monoisotopic (exact) mass is 284 g/mol. The average Bonchev–Trinajstić information content (AvgIpc) is 2.44. The zero-order chi connectivity index (χ0) is 15.0. The minimum absolute atomic E-state index is 0.0588. The van der Waals surface area contributed by atoms with E-state index in [4.69, 9.17) is 9.47 Å². The van der Waals surface area contributed by atoms with Crippen LogP contribution in [0.5, 0.6) is 6.01 Å². The number of aromatic nitrogens is 3. The Bertz CT molecular complexity index is 441. The van der Waals surface area contributed by atoms with E-state index in [-0.39, 0.29) is 23.9 Å². The van der Waals surface area contributed by atoms with Gasteiger partial charge in [-0.05, 0) is 13.3 Å². The minimum Gasteiger partial charge on any atom is -0.463 e. The first-order chi connectivity index (χ1) is 9.60. The summed E-state index contributed by atoms with van der Waals surface area (Å²) >= 11 is 0. The molecule has 112 valence electrons. The lowest BCUT2D eigenvalue weighted by atomic mass is 10.4. The fraction of sp³-hybridized carbons (Fsp3) is 0.667. The minimum atomic E-state index is -0.642. The van der Waals surface area contributed by atoms with Gasteiger partial charge in [0.1, 0.15) is 6.10 Å². The highest BCUT2D eigenvalue weighted by molar-refractivity contribution is 5.85. The molecule has 1 heterocycles. The van der Waals surface area contributed by atoms with Gasteiger partial charge in [-0.3, -0.25) is 0 Å². The largest absolute Gasteiger partial charge is 0.463 e. The van der Waals surface area contributed by atoms with E-state index in [1.165, 1.54) is 7.11 Å². The van der Waals surface area contributed by atoms with Gasteiger partial charge in [-0.15, -0.1) is 0 Å². The van der Waals surface area contributed by atoms with E-state index in [2.05, 4.69) is 25.0 Å². The van der Waals surface area contributed by atoms with E-state index in [9.17, 15) is 4.79 Å². The molecule has 1 rings (SSSR count). The van der Waals surface area contributed by atoms with Gasteiger partial charge in [-0.25, -0.2) is 4.79 Å². The summed E-state index contributed by atoms with van der Waals surface area (Å²) in [6.07, 6.45) is 0.655. The summed E-state index contributed by atoms with van der Waals surface area (Å²) in [5.74, 6) is -0.459. The fourth-order valence-electron chi connectivity index (χ4n) is 1.36. The second kappa shape index (κ2) is 8.26. The smallest absolute Gasteiger partial charge is 0.376 e. The molecular weight excluding hydrogens is 264 g/mol. The Kier molecular flexibility index (Phi) is 6.65. The zero-order valence-electron chi connectivity index (χ0n) is 12.2. The van der Waals surface area contributed by atoms with Crippen LogP contribution in [0, 0.1) is 0 Å². The summed E-state index contributed by atoms with van der Waals surface area (Å²) in [7, 11) is 2.83. The normalized spacial score (nSPS) is 11.8. The van der Waals surface area contributed by atoms with Crippen LogP contribution in [0.3, 0.4) is 0 Å². The van der Waals surface area contributed by atoms with Crippen molar-refractivity contribution in [3.05, 3.63) is 5.82 Å². The number of nitrogens with one attached hydrogen (secondary N) is 1. The van der Waals surface area contributed by atoms with E-state index in [0.29, 0.717) is 13.2 Å². The number of rotatable bonds is 8. The number of esters is 1. The van der Waals surface area contributed by atoms with Crippen molar-refractivity contribution in [3.63, 3.8) is 0 Å². The average molecular weight is 284 g/mol. The maximum atomic E-state index is 11.5. The molecule has 0 saturated heterocycles. The van der Waals surface area contributed by atoms with Gasteiger partial charge in [0, 0.05) is 13.7 Å². The Labute approximate surface area is 117 Å². The van der Waals surface area contributed by atoms with Crippen LogP contribution in [0.1, 0.15) is 30.9 Å². The fourth-order valence-corrected chi connectivity index (χ4v) is 1.36. The summed E-state index contributed by atoms with van der Waals surface area (Å²) in [5, 5.41) is 2.98. The molecule has 0 radical (unpaired) electrons. The highest BCUT2D eigenvalue weighted by atomic mass is 16.5. The molecule has 0 amide bonds. The molecule has 1 N–H and O–H groups in total. The maximum absolute atomic E-state index is 11.5. The number of ether oxygens (including phenoxy) is 3. The van der Waals surface area contributed by atoms with Crippen molar-refractivity contribution in [1.82, 2.24) is 15.0 Å². The van der Waals surface area contributed by atoms with E-state index in [0.717, 1.165) is 6.42 Å². The van der Waals surface area contributed by atoms with Crippen molar-refractivity contribution in [2.24, 2.45) is 0 Å². The Morgan fingerprint density at radius 3 is 2.65 bits per heavy atom. The second-order valence-electron chi connectivity index (χ2n) is 4.07. The number of nitrogens with zero attached hydrogens (tertiary/aromatic N) is 3. The number of anilines is 1. The summed E-state index contributed by atoms with van der Waals surface area (Å²) in [6.45, 7) is 4.88. The molecule has 0 aromatic carbocycles. The van der Waals surface area contributed by atoms with Gasteiger partial charge in [-0.2, -0.15) is 15.0 Å². The van der Waals surface area contributed by atoms with Gasteiger partial charge in [0.2, 0.25) is 11.8 Å². The van der Waals surface area contributed by atoms with Crippen molar-refractivity contribution in [1.29, 1.82) is 0 Å². The molecule has 1 aromatic heterocycles. The first kappa shape index (κ1) is 16.1. The predicted octanol–water partition coefficient (Wildman–Crippen LogP) is 0.894. The molecule has 0 saturated carbocycles. The summed E-state index contributed by atoms with van der Waals surface area (Å²) in [5.41, 5.74) is 0. The topological polar surface area (TPSA) is 95.5 Å². The molecule has 0 aliphatic heterocycles. The standard InChI is InChI=1S/C12H20N4O4/c1-5-6-13-11-14-9(10(17)19-4)15-12(16-11)20-8(2)7-18-3/h8H,5-7H2,1-4H3,(H,13,14,15,16)/t8-/m1/s1. The lowest BCUT2D eigenvalue weighted by Crippen LogP contribution is -2.21. The lowest BCUT2D eigenvalue weighted by Gasteiger charge is -2.13. The second-order valence-corrected chi connectivity index (χ2v) is 4.07. The maximum Gasteiger partial charge on any atom is 0.376 e. The van der Waals surface area contributed by atoms with Crippen LogP contribution in [0.25, 0.3) is 0 Å². The van der Waals surface area contributed by atoms with E-state index in [1.54, 1.807) is 7.11 Å². The molecule has 1 aromatic rings. The summed E-state index contributed by atoms with van der Waals surface area (Å²) in [6, 6.07) is 0.0588. The molecule has 8 heteroatoms. The van der Waals surface area contributed by atoms with Gasteiger partial charge >= 0.3 is 12.0 Å². The third kappa shape index (κ3) is 4.96. The summed E-state index contributed by atoms with van der Waals surface area (Å²) in [4.78, 5) is 23.5. The third-order valence-electron chi connectivity index (χ3n) is 2.22. The first-order valence-electron chi connectivity index (χ1n) is 6.34. The van der Waals surface area contributed by atoms with Gasteiger partial charge in [0.05, 0.1) is 13.7 Å². The van der Waals surface area contributed by atoms with Crippen LogP contribution in [-0.4, -0.2) is 54.4 Å². The Morgan fingerprint density at radius 2 is 2.05 bits per heavy atom. The molecule has 1 atom stereocenters. The van der Waals surface area contributed by atoms with Gasteiger partial charge in [-0.1, -0.05) is 6.92 Å². The van der Waals surface area contributed by atoms with Crippen LogP contribution in [0.2, 0.25) is 0 Å². The lowest BCUT2D eigenvalue weighted by molar-refractivity contribution is 0.0578. The van der Waals surface area contributed by atoms with Gasteiger partial charge in [0.15, 0.2) is 0 Å². The molecule has 0 fully saturated rings. The van der Waals surface area contributed by atoms with Crippen molar-refractivity contribution in [2.45, 2.75) is 26.4 Å². The quantitative estimate of drug-likeness (QED) is 0.703. The Morgan fingerprint density at radius 1 is 1.30 bits per heavy atom. The molecule has 0 spiro atoms. The molecule has 20 heavy (non-hydrogen) atoms. The Balaban J connectivity index is 2.93. The van der Waals surface area contributed by atoms with Crippen molar-refractivity contribution < 1.29 is 19.0 Å². The zero-order valence-corrected chi connectivity index (χ0v) is 12.2. The number of carbonyl (C=O) groups is 1. The molecule has 0 aliphatic rings. The molecule has 8 nitrogen and oxygen atoms in total. The van der Waals surface area contributed by atoms with Crippen LogP contribution in [0.4, 0.5) is 5.95 Å². The van der Waals surface area contributed by atoms with Crippen LogP contribution < -0.4 is 10.1 Å². The van der Waals surface area contributed by atoms with E-state index < -0.39 is 5.97 Å². The van der Waals surface area contributed by atoms with Gasteiger partial charge < -0.3 is 19.5 Å². The SMILES string of the molecule is CCCNc1nc(O[C@H](C)COC)nc(C(=O)OC)n1. The highest BCUT2D eigenvalue weighted by Gasteiger charge is 2.16. The Hall–Kier alpha value is -1.96. The van der Waals surface area contributed by atoms with Crippen molar-refractivity contribution in [3.8, 4) is 6.01 Å². The number of hydrogen-bond donors (Lipinski definition) is 1. The molecule has 0 aliphatic carbocycles. The molecule has 0 unspecified atom stereocenters. The molecule has 0 bridgehead atoms. The highest BCUT2D eigenvalue weighted by Crippen LogP contribution is 2.10. The van der Waals surface area contributed by atoms with Crippen LogP contribution in [-0.2, 0) is 9.47 Å². The van der Waals surface area contributed by atoms with Crippen LogP contribution >= 0.6 is 0 Å². The van der Waals surface area contributed by atoms with E-state index in [1.807, 2.05) is 13.8 Å². The van der Waals surface area contributed by atoms with Crippen LogP contribution in [0.15, 0.2) is 0 Å². The number of methoxy groups -OCH3 is 2. The van der Waals surface area contributed by atoms with Crippen molar-refractivity contribution >= 4 is 11.9 Å². The third-order valence-corrected chi connectivity index (χ3v) is 2.22. The number of carbonyl (C=O) groups excluding carboxylic acids is 1. The predicted molar refractivity (Wildman–Crippen MR) is 71.9 cm³/mol. The van der Waals surface area contributed by atoms with E-state index >= 15 is 0 Å². The molecular formula is C12H20N4O4. The van der Waals surface area contributed by atoms with Crippen molar-refractivity contribution in [2.75, 3.05) is 32.7 Å². The first-order valence-corrected chi connectivity index (χ1v) is 6.34. The van der Waals surface area contributed by atoms with Gasteiger partial charge in [0.25, 0.3) is 0 Å². The summed E-state index contributed by atoms with van der Waals surface area (Å²) < 4.78 is 15.0.